The number of benzene rings is 2. The molecule has 0 atom stereocenters. The van der Waals surface area contributed by atoms with Gasteiger partial charge in [-0.25, -0.2) is 0 Å². The Morgan fingerprint density at radius 1 is 1.17 bits per heavy atom. The first kappa shape index (κ1) is 17.5. The molecule has 0 saturated carbocycles. The Bertz CT molecular complexity index is 681. The van der Waals surface area contributed by atoms with E-state index in [4.69, 9.17) is 11.6 Å². The van der Waals surface area contributed by atoms with Crippen molar-refractivity contribution < 1.29 is 9.90 Å². The van der Waals surface area contributed by atoms with Crippen LogP contribution in [0.1, 0.15) is 29.8 Å². The van der Waals surface area contributed by atoms with Crippen LogP contribution < -0.4 is 10.6 Å². The van der Waals surface area contributed by atoms with Crippen LogP contribution in [0.4, 0.5) is 5.69 Å². The van der Waals surface area contributed by atoms with Crippen molar-refractivity contribution in [3.05, 3.63) is 64.7 Å². The summed E-state index contributed by atoms with van der Waals surface area (Å²) in [4.78, 5) is 12.2. The molecule has 1 amide bonds. The largest absolute Gasteiger partial charge is 0.389 e. The van der Waals surface area contributed by atoms with E-state index in [-0.39, 0.29) is 5.91 Å². The van der Waals surface area contributed by atoms with Gasteiger partial charge in [-0.2, -0.15) is 0 Å². The molecule has 0 unspecified atom stereocenters. The molecule has 2 rings (SSSR count). The number of hydrogen-bond donors (Lipinski definition) is 3. The Labute approximate surface area is 141 Å². The van der Waals surface area contributed by atoms with Gasteiger partial charge >= 0.3 is 0 Å². The van der Waals surface area contributed by atoms with E-state index in [0.29, 0.717) is 29.4 Å². The van der Waals surface area contributed by atoms with Crippen LogP contribution in [0.25, 0.3) is 0 Å². The summed E-state index contributed by atoms with van der Waals surface area (Å²) in [6.07, 6.45) is 0. The molecule has 0 saturated heterocycles. The molecule has 0 radical (unpaired) electrons. The molecule has 2 aromatic carbocycles. The zero-order chi connectivity index (χ0) is 16.9. The molecule has 122 valence electrons. The van der Waals surface area contributed by atoms with E-state index in [0.717, 1.165) is 5.56 Å². The van der Waals surface area contributed by atoms with Gasteiger partial charge in [0.05, 0.1) is 16.2 Å². The van der Waals surface area contributed by atoms with Crippen LogP contribution in [0.15, 0.2) is 48.5 Å². The zero-order valence-corrected chi connectivity index (χ0v) is 14.0. The highest BCUT2D eigenvalue weighted by molar-refractivity contribution is 6.34. The Hall–Kier alpha value is -1.88. The predicted octanol–water partition coefficient (Wildman–Crippen LogP) is 3.45. The van der Waals surface area contributed by atoms with Crippen LogP contribution in [0.3, 0.4) is 0 Å². The first-order valence-electron chi connectivity index (χ1n) is 7.43. The van der Waals surface area contributed by atoms with Gasteiger partial charge in [0.15, 0.2) is 0 Å². The second kappa shape index (κ2) is 7.59. The maximum absolute atomic E-state index is 12.2. The van der Waals surface area contributed by atoms with Crippen LogP contribution in [-0.4, -0.2) is 23.2 Å². The van der Waals surface area contributed by atoms with Crippen molar-refractivity contribution >= 4 is 23.2 Å². The van der Waals surface area contributed by atoms with Gasteiger partial charge in [0, 0.05) is 18.8 Å². The SMILES string of the molecule is CC(C)(O)CNCc1cccc(NC(=O)c2ccccc2Cl)c1. The number of rotatable bonds is 6. The van der Waals surface area contributed by atoms with E-state index < -0.39 is 5.60 Å². The third-order valence-electron chi connectivity index (χ3n) is 3.19. The van der Waals surface area contributed by atoms with Gasteiger partial charge in [-0.15, -0.1) is 0 Å². The first-order valence-corrected chi connectivity index (χ1v) is 7.81. The van der Waals surface area contributed by atoms with E-state index in [9.17, 15) is 9.90 Å². The molecule has 0 spiro atoms. The molecule has 5 heteroatoms. The third kappa shape index (κ3) is 5.67. The number of hydrogen-bond acceptors (Lipinski definition) is 3. The van der Waals surface area contributed by atoms with E-state index in [1.165, 1.54) is 0 Å². The number of carbonyl (C=O) groups excluding carboxylic acids is 1. The van der Waals surface area contributed by atoms with Gasteiger partial charge in [0.2, 0.25) is 0 Å². The minimum absolute atomic E-state index is 0.239. The minimum atomic E-state index is -0.754. The van der Waals surface area contributed by atoms with Crippen molar-refractivity contribution in [2.75, 3.05) is 11.9 Å². The maximum atomic E-state index is 12.2. The Kier molecular flexibility index (Phi) is 5.77. The smallest absolute Gasteiger partial charge is 0.257 e. The number of halogens is 1. The van der Waals surface area contributed by atoms with Crippen molar-refractivity contribution in [2.45, 2.75) is 26.0 Å². The predicted molar refractivity (Wildman–Crippen MR) is 93.9 cm³/mol. The summed E-state index contributed by atoms with van der Waals surface area (Å²) in [5, 5.41) is 16.1. The Balaban J connectivity index is 2.00. The van der Waals surface area contributed by atoms with Gasteiger partial charge in [-0.3, -0.25) is 4.79 Å². The Morgan fingerprint density at radius 2 is 1.91 bits per heavy atom. The lowest BCUT2D eigenvalue weighted by atomic mass is 10.1. The summed E-state index contributed by atoms with van der Waals surface area (Å²) < 4.78 is 0. The molecule has 0 aromatic heterocycles. The van der Waals surface area contributed by atoms with Crippen LogP contribution in [0.2, 0.25) is 5.02 Å². The molecule has 0 aliphatic rings. The minimum Gasteiger partial charge on any atom is -0.389 e. The zero-order valence-electron chi connectivity index (χ0n) is 13.3. The van der Waals surface area contributed by atoms with Crippen molar-refractivity contribution in [1.29, 1.82) is 0 Å². The topological polar surface area (TPSA) is 61.4 Å². The average Bonchev–Trinajstić information content (AvgIpc) is 2.46. The van der Waals surface area contributed by atoms with Crippen molar-refractivity contribution in [1.82, 2.24) is 5.32 Å². The standard InChI is InChI=1S/C18H21ClN2O2/c1-18(2,23)12-20-11-13-6-5-7-14(10-13)21-17(22)15-8-3-4-9-16(15)19/h3-10,20,23H,11-12H2,1-2H3,(H,21,22). The number of aliphatic hydroxyl groups is 1. The van der Waals surface area contributed by atoms with Crippen LogP contribution in [-0.2, 0) is 6.54 Å². The average molecular weight is 333 g/mol. The lowest BCUT2D eigenvalue weighted by Crippen LogP contribution is -2.34. The highest BCUT2D eigenvalue weighted by Gasteiger charge is 2.12. The van der Waals surface area contributed by atoms with E-state index in [2.05, 4.69) is 10.6 Å². The summed E-state index contributed by atoms with van der Waals surface area (Å²) >= 11 is 6.03. The van der Waals surface area contributed by atoms with Crippen LogP contribution >= 0.6 is 11.6 Å². The van der Waals surface area contributed by atoms with Gasteiger partial charge in [-0.1, -0.05) is 35.9 Å². The van der Waals surface area contributed by atoms with E-state index >= 15 is 0 Å². The fourth-order valence-corrected chi connectivity index (χ4v) is 2.34. The lowest BCUT2D eigenvalue weighted by molar-refractivity contribution is 0.0795. The molecule has 0 aliphatic heterocycles. The van der Waals surface area contributed by atoms with Gasteiger partial charge in [0.25, 0.3) is 5.91 Å². The molecule has 4 nitrogen and oxygen atoms in total. The lowest BCUT2D eigenvalue weighted by Gasteiger charge is -2.17. The molecule has 2 aromatic rings. The number of carbonyl (C=O) groups is 1. The van der Waals surface area contributed by atoms with Crippen molar-refractivity contribution in [3.63, 3.8) is 0 Å². The highest BCUT2D eigenvalue weighted by Crippen LogP contribution is 2.18. The molecule has 0 bridgehead atoms. The maximum Gasteiger partial charge on any atom is 0.257 e. The molecular formula is C18H21ClN2O2. The molecule has 0 heterocycles. The fourth-order valence-electron chi connectivity index (χ4n) is 2.12. The van der Waals surface area contributed by atoms with Gasteiger partial charge in [-0.05, 0) is 43.7 Å². The van der Waals surface area contributed by atoms with E-state index in [1.807, 2.05) is 24.3 Å². The third-order valence-corrected chi connectivity index (χ3v) is 3.52. The molecule has 23 heavy (non-hydrogen) atoms. The number of anilines is 1. The van der Waals surface area contributed by atoms with Crippen molar-refractivity contribution in [3.8, 4) is 0 Å². The summed E-state index contributed by atoms with van der Waals surface area (Å²) in [6.45, 7) is 4.60. The van der Waals surface area contributed by atoms with Crippen LogP contribution in [0, 0.1) is 0 Å². The van der Waals surface area contributed by atoms with Gasteiger partial charge in [0.1, 0.15) is 0 Å². The summed E-state index contributed by atoms with van der Waals surface area (Å²) in [5.74, 6) is -0.239. The summed E-state index contributed by atoms with van der Waals surface area (Å²) in [6, 6.07) is 14.5. The van der Waals surface area contributed by atoms with E-state index in [1.54, 1.807) is 38.1 Å². The Morgan fingerprint density at radius 3 is 2.61 bits per heavy atom. The summed E-state index contributed by atoms with van der Waals surface area (Å²) in [5.41, 5.74) is 1.42. The number of amides is 1. The van der Waals surface area contributed by atoms with Gasteiger partial charge < -0.3 is 15.7 Å². The van der Waals surface area contributed by atoms with Crippen LogP contribution in [0.5, 0.6) is 0 Å². The monoisotopic (exact) mass is 332 g/mol. The van der Waals surface area contributed by atoms with Crippen molar-refractivity contribution in [2.24, 2.45) is 0 Å². The highest BCUT2D eigenvalue weighted by atomic mass is 35.5. The second-order valence-corrected chi connectivity index (χ2v) is 6.46. The molecular weight excluding hydrogens is 312 g/mol. The normalized spacial score (nSPS) is 11.3. The summed E-state index contributed by atoms with van der Waals surface area (Å²) in [7, 11) is 0. The number of nitrogens with one attached hydrogen (secondary N) is 2. The molecule has 0 aliphatic carbocycles. The molecule has 3 N–H and O–H groups in total. The first-order chi connectivity index (χ1) is 10.8. The quantitative estimate of drug-likeness (QED) is 0.759. The fraction of sp³-hybridized carbons (Fsp3) is 0.278. The second-order valence-electron chi connectivity index (χ2n) is 6.05. The molecule has 0 fully saturated rings.